The van der Waals surface area contributed by atoms with E-state index in [-0.39, 0.29) is 6.61 Å². The molecule has 0 saturated carbocycles. The largest absolute Gasteiger partial charge is 0.467 e. The third-order valence-electron chi connectivity index (χ3n) is 4.91. The second-order valence-corrected chi connectivity index (χ2v) is 6.79. The average molecular weight is 388 g/mol. The highest BCUT2D eigenvalue weighted by atomic mass is 16.5. The zero-order valence-corrected chi connectivity index (χ0v) is 16.0. The van der Waals surface area contributed by atoms with Crippen molar-refractivity contribution in [1.29, 1.82) is 0 Å². The molecule has 0 spiro atoms. The Hall–Kier alpha value is -3.75. The van der Waals surface area contributed by atoms with Crippen LogP contribution in [0.25, 0.3) is 17.0 Å². The van der Waals surface area contributed by atoms with Crippen LogP contribution in [0.15, 0.2) is 54.9 Å². The Morgan fingerprint density at radius 2 is 2.00 bits per heavy atom. The third kappa shape index (κ3) is 3.31. The number of nitrogens with zero attached hydrogens (tertiary/aromatic N) is 8. The highest BCUT2D eigenvalue weighted by Gasteiger charge is 2.20. The smallest absolute Gasteiger partial charge is 0.256 e. The Kier molecular flexibility index (Phi) is 4.39. The third-order valence-corrected chi connectivity index (χ3v) is 4.91. The summed E-state index contributed by atoms with van der Waals surface area (Å²) in [4.78, 5) is 6.47. The molecule has 1 aliphatic heterocycles. The van der Waals surface area contributed by atoms with Gasteiger partial charge in [-0.2, -0.15) is 9.61 Å². The summed E-state index contributed by atoms with van der Waals surface area (Å²) in [6, 6.07) is 11.9. The summed E-state index contributed by atoms with van der Waals surface area (Å²) in [5.41, 5.74) is 2.52. The van der Waals surface area contributed by atoms with E-state index in [0.717, 1.165) is 36.6 Å². The molecule has 5 rings (SSSR count). The Labute approximate surface area is 167 Å². The summed E-state index contributed by atoms with van der Waals surface area (Å²) in [6.45, 7) is 1.97. The molecule has 1 aromatic carbocycles. The van der Waals surface area contributed by atoms with Gasteiger partial charge in [0.05, 0.1) is 0 Å². The summed E-state index contributed by atoms with van der Waals surface area (Å²) in [5.74, 6) is 1.92. The first kappa shape index (κ1) is 17.4. The molecule has 0 aliphatic carbocycles. The standard InChI is InChI=1S/C20H20N8O/c1-26-18(21-14-22-26)13-29-20-16(27-10-6-3-7-11-27)12-17-23-24-19(28(17)25-20)15-8-4-2-5-9-15/h2-6,8-9,12,14H,7,10-11,13H2,1H3. The van der Waals surface area contributed by atoms with Gasteiger partial charge in [-0.25, -0.2) is 4.98 Å². The monoisotopic (exact) mass is 388 g/mol. The van der Waals surface area contributed by atoms with Crippen LogP contribution in [-0.2, 0) is 13.7 Å². The van der Waals surface area contributed by atoms with Crippen LogP contribution in [0.5, 0.6) is 5.88 Å². The predicted octanol–water partition coefficient (Wildman–Crippen LogP) is 2.27. The van der Waals surface area contributed by atoms with E-state index in [1.807, 2.05) is 43.4 Å². The van der Waals surface area contributed by atoms with Crippen LogP contribution in [0.1, 0.15) is 12.2 Å². The van der Waals surface area contributed by atoms with Crippen LogP contribution in [0.4, 0.5) is 5.69 Å². The molecule has 4 heterocycles. The predicted molar refractivity (Wildman–Crippen MR) is 108 cm³/mol. The SMILES string of the molecule is Cn1ncnc1COc1nn2c(-c3ccccc3)nnc2cc1N1CC=CCC1. The Balaban J connectivity index is 1.58. The van der Waals surface area contributed by atoms with Crippen LogP contribution < -0.4 is 9.64 Å². The number of ether oxygens (including phenoxy) is 1. The first-order valence-electron chi connectivity index (χ1n) is 9.47. The minimum atomic E-state index is 0.272. The molecule has 3 aromatic heterocycles. The van der Waals surface area contributed by atoms with Crippen molar-refractivity contribution in [1.82, 2.24) is 34.6 Å². The fourth-order valence-corrected chi connectivity index (χ4v) is 3.35. The van der Waals surface area contributed by atoms with Crippen molar-refractivity contribution in [2.75, 3.05) is 18.0 Å². The van der Waals surface area contributed by atoms with Gasteiger partial charge in [0, 0.05) is 31.8 Å². The van der Waals surface area contributed by atoms with E-state index in [4.69, 9.17) is 9.84 Å². The van der Waals surface area contributed by atoms with Crippen LogP contribution in [-0.4, -0.2) is 47.7 Å². The molecule has 0 N–H and O–H groups in total. The molecule has 9 heteroatoms. The van der Waals surface area contributed by atoms with E-state index in [1.165, 1.54) is 6.33 Å². The van der Waals surface area contributed by atoms with Gasteiger partial charge in [0.1, 0.15) is 18.6 Å². The number of fused-ring (bicyclic) bond motifs is 1. The Bertz CT molecular complexity index is 1160. The van der Waals surface area contributed by atoms with Crippen LogP contribution in [0, 0.1) is 0 Å². The molecule has 0 amide bonds. The highest BCUT2D eigenvalue weighted by Crippen LogP contribution is 2.30. The van der Waals surface area contributed by atoms with E-state index in [2.05, 4.69) is 37.3 Å². The van der Waals surface area contributed by atoms with Crippen molar-refractivity contribution >= 4 is 11.3 Å². The maximum Gasteiger partial charge on any atom is 0.256 e. The van der Waals surface area contributed by atoms with Crippen molar-refractivity contribution in [2.45, 2.75) is 13.0 Å². The topological polar surface area (TPSA) is 86.3 Å². The molecule has 146 valence electrons. The molecule has 0 radical (unpaired) electrons. The Morgan fingerprint density at radius 3 is 2.76 bits per heavy atom. The maximum atomic E-state index is 6.11. The van der Waals surface area contributed by atoms with Gasteiger partial charge in [-0.05, 0) is 6.42 Å². The van der Waals surface area contributed by atoms with Crippen molar-refractivity contribution < 1.29 is 4.74 Å². The van der Waals surface area contributed by atoms with Gasteiger partial charge in [-0.1, -0.05) is 42.5 Å². The quantitative estimate of drug-likeness (QED) is 0.485. The molecule has 0 bridgehead atoms. The van der Waals surface area contributed by atoms with Gasteiger partial charge in [0.15, 0.2) is 17.3 Å². The fourth-order valence-electron chi connectivity index (χ4n) is 3.35. The highest BCUT2D eigenvalue weighted by molar-refractivity contribution is 5.66. The second kappa shape index (κ2) is 7.34. The minimum Gasteiger partial charge on any atom is -0.467 e. The van der Waals surface area contributed by atoms with Crippen molar-refractivity contribution in [2.24, 2.45) is 7.05 Å². The summed E-state index contributed by atoms with van der Waals surface area (Å²) >= 11 is 0. The van der Waals surface area contributed by atoms with E-state index >= 15 is 0 Å². The maximum absolute atomic E-state index is 6.11. The number of hydrogen-bond donors (Lipinski definition) is 0. The van der Waals surface area contributed by atoms with Gasteiger partial charge >= 0.3 is 0 Å². The number of benzene rings is 1. The number of hydrogen-bond acceptors (Lipinski definition) is 7. The summed E-state index contributed by atoms with van der Waals surface area (Å²) in [7, 11) is 1.84. The molecule has 0 saturated heterocycles. The molecular formula is C20H20N8O. The minimum absolute atomic E-state index is 0.272. The molecule has 0 atom stereocenters. The summed E-state index contributed by atoms with van der Waals surface area (Å²) < 4.78 is 9.52. The lowest BCUT2D eigenvalue weighted by Gasteiger charge is -2.26. The normalized spacial score (nSPS) is 13.9. The number of aromatic nitrogens is 7. The van der Waals surface area contributed by atoms with E-state index in [1.54, 1.807) is 9.20 Å². The molecule has 0 fully saturated rings. The lowest BCUT2D eigenvalue weighted by Crippen LogP contribution is -2.28. The lowest BCUT2D eigenvalue weighted by atomic mass is 10.2. The van der Waals surface area contributed by atoms with E-state index in [9.17, 15) is 0 Å². The van der Waals surface area contributed by atoms with Crippen molar-refractivity contribution in [3.05, 3.63) is 60.7 Å². The zero-order chi connectivity index (χ0) is 19.6. The van der Waals surface area contributed by atoms with Gasteiger partial charge in [-0.15, -0.1) is 15.3 Å². The molecule has 9 nitrogen and oxygen atoms in total. The van der Waals surface area contributed by atoms with Gasteiger partial charge in [0.2, 0.25) is 0 Å². The Morgan fingerprint density at radius 1 is 1.10 bits per heavy atom. The first-order valence-corrected chi connectivity index (χ1v) is 9.47. The second-order valence-electron chi connectivity index (χ2n) is 6.79. The first-order chi connectivity index (χ1) is 14.3. The van der Waals surface area contributed by atoms with Gasteiger partial charge < -0.3 is 9.64 Å². The molecule has 4 aromatic rings. The van der Waals surface area contributed by atoms with Gasteiger partial charge in [-0.3, -0.25) is 4.68 Å². The van der Waals surface area contributed by atoms with Gasteiger partial charge in [0.25, 0.3) is 5.88 Å². The fraction of sp³-hybridized carbons (Fsp3) is 0.250. The number of aryl methyl sites for hydroxylation is 1. The van der Waals surface area contributed by atoms with Crippen LogP contribution in [0.3, 0.4) is 0 Å². The number of anilines is 1. The van der Waals surface area contributed by atoms with Crippen molar-refractivity contribution in [3.63, 3.8) is 0 Å². The average Bonchev–Trinajstić information content (AvgIpc) is 3.38. The summed E-state index contributed by atoms with van der Waals surface area (Å²) in [6.07, 6.45) is 6.83. The zero-order valence-electron chi connectivity index (χ0n) is 16.0. The lowest BCUT2D eigenvalue weighted by molar-refractivity contribution is 0.275. The van der Waals surface area contributed by atoms with Crippen LogP contribution in [0.2, 0.25) is 0 Å². The number of rotatable bonds is 5. The van der Waals surface area contributed by atoms with Crippen molar-refractivity contribution in [3.8, 4) is 17.3 Å². The van der Waals surface area contributed by atoms with E-state index in [0.29, 0.717) is 17.4 Å². The summed E-state index contributed by atoms with van der Waals surface area (Å²) in [5, 5.41) is 17.6. The molecule has 29 heavy (non-hydrogen) atoms. The molecular weight excluding hydrogens is 368 g/mol. The molecule has 1 aliphatic rings. The van der Waals surface area contributed by atoms with Crippen LogP contribution >= 0.6 is 0 Å². The van der Waals surface area contributed by atoms with E-state index < -0.39 is 0 Å². The molecule has 0 unspecified atom stereocenters.